The van der Waals surface area contributed by atoms with Crippen LogP contribution in [0, 0.1) is 0 Å². The SMILES string of the molecule is CC1OCCC1(C)NCC1CC(O)CN1. The number of nitrogens with one attached hydrogen (secondary N) is 2. The van der Waals surface area contributed by atoms with Crippen molar-refractivity contribution in [3.63, 3.8) is 0 Å². The van der Waals surface area contributed by atoms with Crippen molar-refractivity contribution in [2.75, 3.05) is 19.7 Å². The fraction of sp³-hybridized carbons (Fsp3) is 1.00. The molecular weight excluding hydrogens is 192 g/mol. The van der Waals surface area contributed by atoms with Gasteiger partial charge in [0.2, 0.25) is 0 Å². The Morgan fingerprint density at radius 1 is 1.60 bits per heavy atom. The largest absolute Gasteiger partial charge is 0.392 e. The molecule has 0 amide bonds. The number of aliphatic hydroxyl groups is 1. The van der Waals surface area contributed by atoms with Crippen molar-refractivity contribution in [2.24, 2.45) is 0 Å². The maximum absolute atomic E-state index is 9.39. The predicted molar refractivity (Wildman–Crippen MR) is 58.9 cm³/mol. The highest BCUT2D eigenvalue weighted by molar-refractivity contribution is 4.95. The van der Waals surface area contributed by atoms with Gasteiger partial charge in [-0.05, 0) is 26.7 Å². The molecule has 0 radical (unpaired) electrons. The van der Waals surface area contributed by atoms with Gasteiger partial charge in [0.05, 0.1) is 12.2 Å². The van der Waals surface area contributed by atoms with E-state index in [0.29, 0.717) is 6.04 Å². The number of rotatable bonds is 3. The molecule has 2 saturated heterocycles. The van der Waals surface area contributed by atoms with Crippen molar-refractivity contribution in [2.45, 2.75) is 50.5 Å². The Labute approximate surface area is 91.4 Å². The van der Waals surface area contributed by atoms with Gasteiger partial charge < -0.3 is 20.5 Å². The Hall–Kier alpha value is -0.160. The normalized spacial score (nSPS) is 46.2. The van der Waals surface area contributed by atoms with Crippen LogP contribution in [0.1, 0.15) is 26.7 Å². The molecule has 2 aliphatic heterocycles. The third-order valence-electron chi connectivity index (χ3n) is 3.84. The van der Waals surface area contributed by atoms with Gasteiger partial charge in [0.15, 0.2) is 0 Å². The topological polar surface area (TPSA) is 53.5 Å². The van der Waals surface area contributed by atoms with Gasteiger partial charge in [-0.25, -0.2) is 0 Å². The third-order valence-corrected chi connectivity index (χ3v) is 3.84. The Bertz CT molecular complexity index is 225. The molecule has 4 nitrogen and oxygen atoms in total. The summed E-state index contributed by atoms with van der Waals surface area (Å²) in [6.45, 7) is 6.84. The highest BCUT2D eigenvalue weighted by atomic mass is 16.5. The quantitative estimate of drug-likeness (QED) is 0.612. The molecule has 0 bridgehead atoms. The van der Waals surface area contributed by atoms with Crippen LogP contribution in [0.5, 0.6) is 0 Å². The van der Waals surface area contributed by atoms with Gasteiger partial charge in [-0.1, -0.05) is 0 Å². The first-order valence-electron chi connectivity index (χ1n) is 5.88. The van der Waals surface area contributed by atoms with E-state index < -0.39 is 0 Å². The fourth-order valence-electron chi connectivity index (χ4n) is 2.38. The smallest absolute Gasteiger partial charge is 0.0726 e. The Kier molecular flexibility index (Phi) is 3.30. The number of β-amino-alcohol motifs (C(OH)–C–C–N with tert-alkyl or cyclic N) is 1. The highest BCUT2D eigenvalue weighted by Crippen LogP contribution is 2.25. The van der Waals surface area contributed by atoms with E-state index in [-0.39, 0.29) is 17.7 Å². The molecule has 2 fully saturated rings. The van der Waals surface area contributed by atoms with E-state index in [1.54, 1.807) is 0 Å². The maximum Gasteiger partial charge on any atom is 0.0726 e. The van der Waals surface area contributed by atoms with E-state index in [0.717, 1.165) is 32.5 Å². The first kappa shape index (κ1) is 11.3. The van der Waals surface area contributed by atoms with E-state index in [9.17, 15) is 5.11 Å². The molecule has 2 rings (SSSR count). The zero-order valence-corrected chi connectivity index (χ0v) is 9.62. The minimum atomic E-state index is -0.165. The second-order valence-electron chi connectivity index (χ2n) is 5.06. The molecule has 15 heavy (non-hydrogen) atoms. The van der Waals surface area contributed by atoms with Gasteiger partial charge in [0.1, 0.15) is 0 Å². The zero-order chi connectivity index (χ0) is 10.9. The van der Waals surface area contributed by atoms with E-state index >= 15 is 0 Å². The van der Waals surface area contributed by atoms with Gasteiger partial charge in [0, 0.05) is 31.3 Å². The lowest BCUT2D eigenvalue weighted by Crippen LogP contribution is -2.51. The highest BCUT2D eigenvalue weighted by Gasteiger charge is 2.37. The number of aliphatic hydroxyl groups excluding tert-OH is 1. The maximum atomic E-state index is 9.39. The first-order chi connectivity index (χ1) is 7.10. The van der Waals surface area contributed by atoms with E-state index in [4.69, 9.17) is 4.74 Å². The van der Waals surface area contributed by atoms with E-state index in [2.05, 4.69) is 24.5 Å². The molecule has 0 aromatic carbocycles. The van der Waals surface area contributed by atoms with Crippen LogP contribution in [0.3, 0.4) is 0 Å². The molecular formula is C11H22N2O2. The lowest BCUT2D eigenvalue weighted by molar-refractivity contribution is 0.0878. The molecule has 4 unspecified atom stereocenters. The van der Waals surface area contributed by atoms with Crippen LogP contribution in [0.4, 0.5) is 0 Å². The van der Waals surface area contributed by atoms with Gasteiger partial charge in [0.25, 0.3) is 0 Å². The molecule has 88 valence electrons. The Morgan fingerprint density at radius 2 is 2.40 bits per heavy atom. The summed E-state index contributed by atoms with van der Waals surface area (Å²) in [6.07, 6.45) is 2.05. The molecule has 4 heteroatoms. The molecule has 0 spiro atoms. The van der Waals surface area contributed by atoms with E-state index in [1.165, 1.54) is 0 Å². The van der Waals surface area contributed by atoms with Crippen LogP contribution in [-0.2, 0) is 4.74 Å². The standard InChI is InChI=1S/C11H22N2O2/c1-8-11(2,3-4-15-8)13-6-9-5-10(14)7-12-9/h8-10,12-14H,3-7H2,1-2H3. The molecule has 2 heterocycles. The van der Waals surface area contributed by atoms with Gasteiger partial charge in [-0.2, -0.15) is 0 Å². The van der Waals surface area contributed by atoms with Crippen LogP contribution in [0.2, 0.25) is 0 Å². The average Bonchev–Trinajstić information content (AvgIpc) is 2.73. The summed E-state index contributed by atoms with van der Waals surface area (Å²) < 4.78 is 5.57. The average molecular weight is 214 g/mol. The van der Waals surface area contributed by atoms with Gasteiger partial charge in [-0.3, -0.25) is 0 Å². The second-order valence-corrected chi connectivity index (χ2v) is 5.06. The van der Waals surface area contributed by atoms with Crippen molar-refractivity contribution < 1.29 is 9.84 Å². The summed E-state index contributed by atoms with van der Waals surface area (Å²) in [7, 11) is 0. The summed E-state index contributed by atoms with van der Waals surface area (Å²) in [4.78, 5) is 0. The Morgan fingerprint density at radius 3 is 2.93 bits per heavy atom. The van der Waals surface area contributed by atoms with Gasteiger partial charge in [-0.15, -0.1) is 0 Å². The lowest BCUT2D eigenvalue weighted by Gasteiger charge is -2.30. The monoisotopic (exact) mass is 214 g/mol. The first-order valence-corrected chi connectivity index (χ1v) is 5.88. The molecule has 2 aliphatic rings. The third kappa shape index (κ3) is 2.50. The van der Waals surface area contributed by atoms with Crippen molar-refractivity contribution in [1.82, 2.24) is 10.6 Å². The van der Waals surface area contributed by atoms with Gasteiger partial charge >= 0.3 is 0 Å². The second kappa shape index (κ2) is 4.37. The summed E-state index contributed by atoms with van der Waals surface area (Å²) in [6, 6.07) is 0.407. The van der Waals surface area contributed by atoms with Crippen LogP contribution in [0.25, 0.3) is 0 Å². The molecule has 0 saturated carbocycles. The molecule has 0 aromatic heterocycles. The Balaban J connectivity index is 1.77. The molecule has 0 aliphatic carbocycles. The van der Waals surface area contributed by atoms with Crippen molar-refractivity contribution in [3.8, 4) is 0 Å². The molecule has 4 atom stereocenters. The number of ether oxygens (including phenoxy) is 1. The van der Waals surface area contributed by atoms with Crippen molar-refractivity contribution in [1.29, 1.82) is 0 Å². The van der Waals surface area contributed by atoms with Crippen molar-refractivity contribution >= 4 is 0 Å². The predicted octanol–water partition coefficient (Wildman–Crippen LogP) is -0.134. The lowest BCUT2D eigenvalue weighted by atomic mass is 9.94. The van der Waals surface area contributed by atoms with Crippen molar-refractivity contribution in [3.05, 3.63) is 0 Å². The zero-order valence-electron chi connectivity index (χ0n) is 9.62. The fourth-order valence-corrected chi connectivity index (χ4v) is 2.38. The number of hydrogen-bond donors (Lipinski definition) is 3. The van der Waals surface area contributed by atoms with Crippen LogP contribution in [-0.4, -0.2) is 48.6 Å². The minimum Gasteiger partial charge on any atom is -0.392 e. The van der Waals surface area contributed by atoms with Crippen LogP contribution < -0.4 is 10.6 Å². The minimum absolute atomic E-state index is 0.106. The summed E-state index contributed by atoms with van der Waals surface area (Å²) in [5.41, 5.74) is 0.106. The number of hydrogen-bond acceptors (Lipinski definition) is 4. The summed E-state index contributed by atoms with van der Waals surface area (Å²) in [5.74, 6) is 0. The summed E-state index contributed by atoms with van der Waals surface area (Å²) >= 11 is 0. The van der Waals surface area contributed by atoms with Crippen LogP contribution >= 0.6 is 0 Å². The molecule has 0 aromatic rings. The van der Waals surface area contributed by atoms with Crippen LogP contribution in [0.15, 0.2) is 0 Å². The summed E-state index contributed by atoms with van der Waals surface area (Å²) in [5, 5.41) is 16.3. The molecule has 3 N–H and O–H groups in total. The van der Waals surface area contributed by atoms with E-state index in [1.807, 2.05) is 0 Å².